The summed E-state index contributed by atoms with van der Waals surface area (Å²) in [6.45, 7) is 1.64. The van der Waals surface area contributed by atoms with E-state index in [4.69, 9.17) is 5.26 Å². The summed E-state index contributed by atoms with van der Waals surface area (Å²) in [6.07, 6.45) is 1.65. The first-order valence-corrected chi connectivity index (χ1v) is 10.7. The van der Waals surface area contributed by atoms with Crippen molar-refractivity contribution in [1.82, 2.24) is 10.3 Å². The van der Waals surface area contributed by atoms with Gasteiger partial charge in [-0.3, -0.25) is 14.9 Å². The van der Waals surface area contributed by atoms with Gasteiger partial charge in [0, 0.05) is 47.9 Å². The number of nitrogens with zero attached hydrogens (tertiary/aromatic N) is 4. The lowest BCUT2D eigenvalue weighted by molar-refractivity contribution is -0.384. The zero-order valence-electron chi connectivity index (χ0n) is 16.5. The summed E-state index contributed by atoms with van der Waals surface area (Å²) in [6, 6.07) is 15.9. The number of rotatable bonds is 5. The summed E-state index contributed by atoms with van der Waals surface area (Å²) < 4.78 is 0. The summed E-state index contributed by atoms with van der Waals surface area (Å²) in [4.78, 5) is 29.6. The number of nitro groups is 1. The lowest BCUT2D eigenvalue weighted by atomic mass is 10.0. The number of carbonyl (C=O) groups excluding carboxylic acids is 1. The summed E-state index contributed by atoms with van der Waals surface area (Å²) in [7, 11) is 0. The third kappa shape index (κ3) is 4.70. The van der Waals surface area contributed by atoms with E-state index in [9.17, 15) is 14.9 Å². The van der Waals surface area contributed by atoms with Crippen LogP contribution in [0.3, 0.4) is 0 Å². The Labute approximate surface area is 182 Å². The molecule has 156 valence electrons. The molecule has 0 aliphatic carbocycles. The van der Waals surface area contributed by atoms with Gasteiger partial charge >= 0.3 is 0 Å². The van der Waals surface area contributed by atoms with Gasteiger partial charge < -0.3 is 10.2 Å². The Morgan fingerprint density at radius 2 is 1.84 bits per heavy atom. The van der Waals surface area contributed by atoms with Crippen LogP contribution in [0, 0.1) is 21.4 Å². The molecule has 0 bridgehead atoms. The van der Waals surface area contributed by atoms with E-state index >= 15 is 0 Å². The molecule has 2 aromatic carbocycles. The molecule has 0 radical (unpaired) electrons. The zero-order chi connectivity index (χ0) is 21.8. The van der Waals surface area contributed by atoms with Crippen LogP contribution in [-0.2, 0) is 0 Å². The van der Waals surface area contributed by atoms with Gasteiger partial charge in [-0.25, -0.2) is 4.98 Å². The Morgan fingerprint density at radius 3 is 2.45 bits per heavy atom. The number of nitro benzene ring substituents is 1. The zero-order valence-corrected chi connectivity index (χ0v) is 17.3. The van der Waals surface area contributed by atoms with E-state index in [1.54, 1.807) is 17.5 Å². The summed E-state index contributed by atoms with van der Waals surface area (Å²) in [5, 5.41) is 25.1. The molecule has 0 atom stereocenters. The highest BCUT2D eigenvalue weighted by Gasteiger charge is 2.22. The van der Waals surface area contributed by atoms with Crippen LogP contribution in [0.25, 0.3) is 10.6 Å². The first-order valence-electron chi connectivity index (χ1n) is 9.80. The second-order valence-corrected chi connectivity index (χ2v) is 8.09. The number of nitriles is 1. The average molecular weight is 433 g/mol. The highest BCUT2D eigenvalue weighted by molar-refractivity contribution is 7.13. The molecule has 1 N–H and O–H groups in total. The van der Waals surface area contributed by atoms with Gasteiger partial charge in [-0.2, -0.15) is 5.26 Å². The lowest BCUT2D eigenvalue weighted by Crippen LogP contribution is -2.44. The molecule has 1 saturated heterocycles. The lowest BCUT2D eigenvalue weighted by Gasteiger charge is -2.33. The fraction of sp³-hybridized carbons (Fsp3) is 0.227. The first-order chi connectivity index (χ1) is 15.0. The maximum atomic E-state index is 12.6. The molecule has 2 heterocycles. The number of non-ortho nitro benzene ring substituents is 1. The molecule has 0 spiro atoms. The fourth-order valence-electron chi connectivity index (χ4n) is 3.52. The molecule has 31 heavy (non-hydrogen) atoms. The minimum atomic E-state index is -0.447. The quantitative estimate of drug-likeness (QED) is 0.481. The molecule has 9 heteroatoms. The van der Waals surface area contributed by atoms with E-state index in [2.05, 4.69) is 21.3 Å². The number of amides is 1. The van der Waals surface area contributed by atoms with Crippen molar-refractivity contribution in [2.75, 3.05) is 18.0 Å². The Hall–Kier alpha value is -3.77. The van der Waals surface area contributed by atoms with E-state index in [1.807, 2.05) is 24.3 Å². The molecule has 1 amide bonds. The predicted octanol–water partition coefficient (Wildman–Crippen LogP) is 3.99. The fourth-order valence-corrected chi connectivity index (χ4v) is 4.33. The number of aromatic nitrogens is 1. The minimum Gasteiger partial charge on any atom is -0.371 e. The van der Waals surface area contributed by atoms with Crippen LogP contribution in [0.5, 0.6) is 0 Å². The molecule has 1 aliphatic heterocycles. The normalized spacial score (nSPS) is 14.1. The van der Waals surface area contributed by atoms with Gasteiger partial charge in [-0.1, -0.05) is 0 Å². The van der Waals surface area contributed by atoms with Gasteiger partial charge in [0.25, 0.3) is 11.6 Å². The largest absolute Gasteiger partial charge is 0.371 e. The second-order valence-electron chi connectivity index (χ2n) is 7.24. The third-order valence-electron chi connectivity index (χ3n) is 5.25. The van der Waals surface area contributed by atoms with Crippen molar-refractivity contribution in [3.63, 3.8) is 0 Å². The van der Waals surface area contributed by atoms with Crippen molar-refractivity contribution in [3.8, 4) is 16.6 Å². The van der Waals surface area contributed by atoms with Gasteiger partial charge in [-0.05, 0) is 49.2 Å². The smallest absolute Gasteiger partial charge is 0.270 e. The van der Waals surface area contributed by atoms with Crippen LogP contribution in [0.4, 0.5) is 11.4 Å². The Morgan fingerprint density at radius 1 is 1.16 bits per heavy atom. The van der Waals surface area contributed by atoms with Gasteiger partial charge in [0.05, 0.1) is 16.6 Å². The SMILES string of the molecule is N#Cc1ccc(N2CCC(NC(=O)c3csc(-c4ccc([N+](=O)[O-])cc4)n3)CC2)cc1. The van der Waals surface area contributed by atoms with Crippen molar-refractivity contribution in [2.24, 2.45) is 0 Å². The van der Waals surface area contributed by atoms with E-state index in [0.29, 0.717) is 16.3 Å². The monoisotopic (exact) mass is 433 g/mol. The number of hydrogen-bond acceptors (Lipinski definition) is 7. The molecule has 0 saturated carbocycles. The van der Waals surface area contributed by atoms with Crippen molar-refractivity contribution < 1.29 is 9.72 Å². The van der Waals surface area contributed by atoms with Crippen LogP contribution < -0.4 is 10.2 Å². The molecule has 4 rings (SSSR count). The number of carbonyl (C=O) groups is 1. The van der Waals surface area contributed by atoms with Crippen molar-refractivity contribution in [2.45, 2.75) is 18.9 Å². The van der Waals surface area contributed by atoms with E-state index in [-0.39, 0.29) is 17.6 Å². The van der Waals surface area contributed by atoms with Crippen molar-refractivity contribution in [1.29, 1.82) is 5.26 Å². The standard InChI is InChI=1S/C22H19N5O3S/c23-13-15-1-5-18(6-2-15)26-11-9-17(10-12-26)24-21(28)20-14-31-22(25-20)16-3-7-19(8-4-16)27(29)30/h1-8,14,17H,9-12H2,(H,24,28). The molecule has 1 aliphatic rings. The topological polar surface area (TPSA) is 112 Å². The predicted molar refractivity (Wildman–Crippen MR) is 118 cm³/mol. The highest BCUT2D eigenvalue weighted by atomic mass is 32.1. The molecule has 1 aromatic heterocycles. The Bertz CT molecular complexity index is 1130. The highest BCUT2D eigenvalue weighted by Crippen LogP contribution is 2.26. The van der Waals surface area contributed by atoms with E-state index < -0.39 is 4.92 Å². The molecule has 0 unspecified atom stereocenters. The molecule has 8 nitrogen and oxygen atoms in total. The Balaban J connectivity index is 1.33. The number of benzene rings is 2. The number of hydrogen-bond donors (Lipinski definition) is 1. The number of thiazole rings is 1. The second kappa shape index (κ2) is 8.93. The molecule has 3 aromatic rings. The van der Waals surface area contributed by atoms with Crippen molar-refractivity contribution in [3.05, 3.63) is 75.3 Å². The summed E-state index contributed by atoms with van der Waals surface area (Å²) >= 11 is 1.33. The van der Waals surface area contributed by atoms with E-state index in [1.165, 1.54) is 23.5 Å². The number of nitrogens with one attached hydrogen (secondary N) is 1. The molecular weight excluding hydrogens is 414 g/mol. The minimum absolute atomic E-state index is 0.0191. The van der Waals surface area contributed by atoms with Crippen LogP contribution in [-0.4, -0.2) is 34.9 Å². The van der Waals surface area contributed by atoms with Gasteiger partial charge in [0.2, 0.25) is 0 Å². The summed E-state index contributed by atoms with van der Waals surface area (Å²) in [5.74, 6) is -0.207. The van der Waals surface area contributed by atoms with Crippen LogP contribution in [0.15, 0.2) is 53.9 Å². The van der Waals surface area contributed by atoms with Gasteiger partial charge in [0.1, 0.15) is 10.7 Å². The van der Waals surface area contributed by atoms with Gasteiger partial charge in [0.15, 0.2) is 0 Å². The van der Waals surface area contributed by atoms with Crippen LogP contribution >= 0.6 is 11.3 Å². The maximum absolute atomic E-state index is 12.6. The van der Waals surface area contributed by atoms with E-state index in [0.717, 1.165) is 37.2 Å². The third-order valence-corrected chi connectivity index (χ3v) is 6.14. The Kier molecular flexibility index (Phi) is 5.91. The van der Waals surface area contributed by atoms with Crippen molar-refractivity contribution >= 4 is 28.6 Å². The number of piperidine rings is 1. The average Bonchev–Trinajstić information content (AvgIpc) is 3.30. The number of anilines is 1. The van der Waals surface area contributed by atoms with Crippen LogP contribution in [0.1, 0.15) is 28.9 Å². The molecular formula is C22H19N5O3S. The van der Waals surface area contributed by atoms with Crippen LogP contribution in [0.2, 0.25) is 0 Å². The first kappa shape index (κ1) is 20.5. The summed E-state index contributed by atoms with van der Waals surface area (Å²) in [5.41, 5.74) is 2.84. The molecule has 1 fully saturated rings. The maximum Gasteiger partial charge on any atom is 0.270 e. The van der Waals surface area contributed by atoms with Gasteiger partial charge in [-0.15, -0.1) is 11.3 Å².